The first-order chi connectivity index (χ1) is 8.45. The third kappa shape index (κ3) is 2.99. The van der Waals surface area contributed by atoms with Gasteiger partial charge in [0.15, 0.2) is 0 Å². The van der Waals surface area contributed by atoms with Gasteiger partial charge in [-0.3, -0.25) is 4.68 Å². The van der Waals surface area contributed by atoms with Crippen molar-refractivity contribution in [1.29, 1.82) is 0 Å². The van der Waals surface area contributed by atoms with Gasteiger partial charge in [-0.25, -0.2) is 4.98 Å². The van der Waals surface area contributed by atoms with Crippen molar-refractivity contribution in [2.75, 3.05) is 5.32 Å². The molecule has 0 bridgehead atoms. The molecule has 0 saturated carbocycles. The fourth-order valence-corrected chi connectivity index (χ4v) is 1.42. The van der Waals surface area contributed by atoms with Crippen molar-refractivity contribution in [1.82, 2.24) is 14.8 Å². The maximum atomic E-state index is 12.3. The third-order valence-corrected chi connectivity index (χ3v) is 2.32. The molecule has 18 heavy (non-hydrogen) atoms. The smallest absolute Gasteiger partial charge is 0.366 e. The number of nitrogens with one attached hydrogen (secondary N) is 1. The van der Waals surface area contributed by atoms with Crippen LogP contribution in [0.15, 0.2) is 30.7 Å². The molecular weight excluding hydrogens is 245 g/mol. The number of aromatic nitrogens is 3. The summed E-state index contributed by atoms with van der Waals surface area (Å²) in [7, 11) is 1.79. The standard InChI is InChI=1S/C11H11F3N4/c1-18-7-8(5-17-18)4-15-10-3-2-9(6-16-10)11(12,13)14/h2-3,5-7H,4H2,1H3,(H,15,16). The lowest BCUT2D eigenvalue weighted by Crippen LogP contribution is -2.06. The van der Waals surface area contributed by atoms with E-state index in [0.717, 1.165) is 17.8 Å². The SMILES string of the molecule is Cn1cc(CNc2ccc(C(F)(F)F)cn2)cn1. The first-order valence-corrected chi connectivity index (χ1v) is 5.20. The van der Waals surface area contributed by atoms with Crippen LogP contribution in [0, 0.1) is 0 Å². The summed E-state index contributed by atoms with van der Waals surface area (Å²) in [4.78, 5) is 3.71. The molecule has 0 fully saturated rings. The summed E-state index contributed by atoms with van der Waals surface area (Å²) >= 11 is 0. The molecule has 2 aromatic heterocycles. The van der Waals surface area contributed by atoms with Crippen LogP contribution in [0.5, 0.6) is 0 Å². The first kappa shape index (κ1) is 12.4. The van der Waals surface area contributed by atoms with Crippen LogP contribution >= 0.6 is 0 Å². The second-order valence-electron chi connectivity index (χ2n) is 3.81. The summed E-state index contributed by atoms with van der Waals surface area (Å²) in [6, 6.07) is 2.30. The van der Waals surface area contributed by atoms with Crippen molar-refractivity contribution >= 4 is 5.82 Å². The van der Waals surface area contributed by atoms with Gasteiger partial charge in [0.1, 0.15) is 5.82 Å². The molecule has 2 aromatic rings. The predicted octanol–water partition coefficient (Wildman–Crippen LogP) is 2.45. The Bertz CT molecular complexity index is 516. The zero-order chi connectivity index (χ0) is 13.2. The molecule has 1 N–H and O–H groups in total. The summed E-state index contributed by atoms with van der Waals surface area (Å²) in [5.74, 6) is 0.395. The van der Waals surface area contributed by atoms with Gasteiger partial charge >= 0.3 is 6.18 Å². The average Bonchev–Trinajstić information content (AvgIpc) is 2.72. The average molecular weight is 256 g/mol. The van der Waals surface area contributed by atoms with Gasteiger partial charge in [-0.05, 0) is 12.1 Å². The van der Waals surface area contributed by atoms with Crippen LogP contribution < -0.4 is 5.32 Å². The Balaban J connectivity index is 1.98. The minimum Gasteiger partial charge on any atom is -0.366 e. The van der Waals surface area contributed by atoms with E-state index in [2.05, 4.69) is 15.4 Å². The van der Waals surface area contributed by atoms with Crippen molar-refractivity contribution in [2.24, 2.45) is 7.05 Å². The van der Waals surface area contributed by atoms with Gasteiger partial charge < -0.3 is 5.32 Å². The molecule has 2 rings (SSSR count). The first-order valence-electron chi connectivity index (χ1n) is 5.20. The van der Waals surface area contributed by atoms with Gasteiger partial charge in [-0.2, -0.15) is 18.3 Å². The van der Waals surface area contributed by atoms with E-state index >= 15 is 0 Å². The van der Waals surface area contributed by atoms with Crippen LogP contribution in [-0.4, -0.2) is 14.8 Å². The Morgan fingerprint density at radius 3 is 2.56 bits per heavy atom. The molecule has 0 radical (unpaired) electrons. The summed E-state index contributed by atoms with van der Waals surface area (Å²) in [5.41, 5.74) is 0.175. The molecule has 2 heterocycles. The molecule has 0 aliphatic heterocycles. The van der Waals surface area contributed by atoms with E-state index in [0.29, 0.717) is 12.4 Å². The highest BCUT2D eigenvalue weighted by molar-refractivity contribution is 5.36. The summed E-state index contributed by atoms with van der Waals surface area (Å²) in [6.45, 7) is 0.464. The van der Waals surface area contributed by atoms with Gasteiger partial charge in [0.2, 0.25) is 0 Å². The second kappa shape index (κ2) is 4.67. The molecule has 0 aromatic carbocycles. The number of rotatable bonds is 3. The molecule has 7 heteroatoms. The van der Waals surface area contributed by atoms with Crippen molar-refractivity contribution in [2.45, 2.75) is 12.7 Å². The summed E-state index contributed by atoms with van der Waals surface area (Å²) in [5, 5.41) is 6.90. The molecule has 0 aliphatic rings. The van der Waals surface area contributed by atoms with Gasteiger partial charge in [0.05, 0.1) is 11.8 Å². The van der Waals surface area contributed by atoms with E-state index in [-0.39, 0.29) is 0 Å². The Labute approximate surface area is 101 Å². The number of pyridine rings is 1. The lowest BCUT2D eigenvalue weighted by Gasteiger charge is -2.07. The van der Waals surface area contributed by atoms with Crippen LogP contribution in [-0.2, 0) is 19.8 Å². The number of anilines is 1. The minimum absolute atomic E-state index is 0.395. The number of aryl methyl sites for hydroxylation is 1. The van der Waals surface area contributed by atoms with Crippen LogP contribution in [0.4, 0.5) is 19.0 Å². The molecular formula is C11H11F3N4. The molecule has 0 amide bonds. The van der Waals surface area contributed by atoms with E-state index in [4.69, 9.17) is 0 Å². The Morgan fingerprint density at radius 2 is 2.06 bits per heavy atom. The van der Waals surface area contributed by atoms with Gasteiger partial charge in [0.25, 0.3) is 0 Å². The monoisotopic (exact) mass is 256 g/mol. The number of alkyl halides is 3. The minimum atomic E-state index is -4.35. The molecule has 0 atom stereocenters. The van der Waals surface area contributed by atoms with Gasteiger partial charge in [-0.15, -0.1) is 0 Å². The highest BCUT2D eigenvalue weighted by atomic mass is 19.4. The Kier molecular flexibility index (Phi) is 3.22. The van der Waals surface area contributed by atoms with Crippen molar-refractivity contribution < 1.29 is 13.2 Å². The second-order valence-corrected chi connectivity index (χ2v) is 3.81. The van der Waals surface area contributed by atoms with Crippen LogP contribution in [0.25, 0.3) is 0 Å². The molecule has 0 spiro atoms. The molecule has 96 valence electrons. The van der Waals surface area contributed by atoms with E-state index in [1.54, 1.807) is 17.9 Å². The van der Waals surface area contributed by atoms with E-state index < -0.39 is 11.7 Å². The molecule has 0 aliphatic carbocycles. The molecule has 0 saturated heterocycles. The number of hydrogen-bond acceptors (Lipinski definition) is 3. The molecule has 0 unspecified atom stereocenters. The molecule has 4 nitrogen and oxygen atoms in total. The number of nitrogens with zero attached hydrogens (tertiary/aromatic N) is 3. The number of hydrogen-bond donors (Lipinski definition) is 1. The summed E-state index contributed by atoms with van der Waals surface area (Å²) < 4.78 is 38.6. The Morgan fingerprint density at radius 1 is 1.28 bits per heavy atom. The van der Waals surface area contributed by atoms with E-state index in [1.807, 2.05) is 6.20 Å². The van der Waals surface area contributed by atoms with E-state index in [9.17, 15) is 13.2 Å². The summed E-state index contributed by atoms with van der Waals surface area (Å²) in [6.07, 6.45) is -0.0470. The fourth-order valence-electron chi connectivity index (χ4n) is 1.42. The lowest BCUT2D eigenvalue weighted by atomic mass is 10.3. The quantitative estimate of drug-likeness (QED) is 0.917. The van der Waals surface area contributed by atoms with Crippen LogP contribution in [0.2, 0.25) is 0 Å². The zero-order valence-electron chi connectivity index (χ0n) is 9.57. The maximum Gasteiger partial charge on any atom is 0.417 e. The van der Waals surface area contributed by atoms with Gasteiger partial charge in [0, 0.05) is 31.5 Å². The third-order valence-electron chi connectivity index (χ3n) is 2.32. The normalized spacial score (nSPS) is 11.6. The Hall–Kier alpha value is -2.05. The topological polar surface area (TPSA) is 42.7 Å². The van der Waals surface area contributed by atoms with Crippen molar-refractivity contribution in [3.8, 4) is 0 Å². The zero-order valence-corrected chi connectivity index (χ0v) is 9.57. The van der Waals surface area contributed by atoms with Crippen molar-refractivity contribution in [3.63, 3.8) is 0 Å². The lowest BCUT2D eigenvalue weighted by molar-refractivity contribution is -0.137. The number of halogens is 3. The van der Waals surface area contributed by atoms with Gasteiger partial charge in [-0.1, -0.05) is 0 Å². The van der Waals surface area contributed by atoms with Crippen molar-refractivity contribution in [3.05, 3.63) is 41.9 Å². The maximum absolute atomic E-state index is 12.3. The van der Waals surface area contributed by atoms with Crippen LogP contribution in [0.1, 0.15) is 11.1 Å². The highest BCUT2D eigenvalue weighted by Crippen LogP contribution is 2.28. The largest absolute Gasteiger partial charge is 0.417 e. The van der Waals surface area contributed by atoms with Crippen LogP contribution in [0.3, 0.4) is 0 Å². The fraction of sp³-hybridized carbons (Fsp3) is 0.273. The predicted molar refractivity (Wildman–Crippen MR) is 59.8 cm³/mol. The highest BCUT2D eigenvalue weighted by Gasteiger charge is 2.30. The van der Waals surface area contributed by atoms with E-state index in [1.165, 1.54) is 6.07 Å².